The molecule has 2 aromatic heterocycles. The quantitative estimate of drug-likeness (QED) is 0.0487. The topological polar surface area (TPSA) is 111 Å². The number of tetrazole rings is 2. The molecule has 2 N–H and O–H groups in total. The summed E-state index contributed by atoms with van der Waals surface area (Å²) in [6, 6.07) is 64.2. The van der Waals surface area contributed by atoms with Crippen LogP contribution in [0.5, 0.6) is 0 Å². The van der Waals surface area contributed by atoms with E-state index in [4.69, 9.17) is 0 Å². The number of benzene rings is 6. The fourth-order valence-corrected chi connectivity index (χ4v) is 8.85. The molecular formula is C52H56N10. The van der Waals surface area contributed by atoms with Crippen molar-refractivity contribution in [2.75, 3.05) is 13.1 Å². The van der Waals surface area contributed by atoms with Crippen molar-refractivity contribution in [2.24, 2.45) is 0 Å². The maximum absolute atomic E-state index is 4.44. The Morgan fingerprint density at radius 3 is 0.871 bits per heavy atom. The Labute approximate surface area is 365 Å². The summed E-state index contributed by atoms with van der Waals surface area (Å²) in [6.45, 7) is 3.03. The molecule has 0 bridgehead atoms. The maximum Gasteiger partial charge on any atom is 0.152 e. The highest BCUT2D eigenvalue weighted by Gasteiger charge is 2.37. The molecule has 0 aliphatic heterocycles. The minimum Gasteiger partial charge on any atom is -0.300 e. The molecular weight excluding hydrogens is 765 g/mol. The molecule has 10 heteroatoms. The molecule has 0 spiro atoms. The lowest BCUT2D eigenvalue weighted by molar-refractivity contribution is 0.453. The molecule has 8 rings (SSSR count). The van der Waals surface area contributed by atoms with Gasteiger partial charge in [0.25, 0.3) is 0 Å². The number of hydrogen-bond donors (Lipinski definition) is 2. The van der Waals surface area contributed by atoms with Gasteiger partial charge in [-0.05, 0) is 67.1 Å². The van der Waals surface area contributed by atoms with Crippen LogP contribution in [0.3, 0.4) is 0 Å². The number of aryl methyl sites for hydroxylation is 2. The Hall–Kier alpha value is -6.62. The third kappa shape index (κ3) is 9.78. The van der Waals surface area contributed by atoms with Gasteiger partial charge >= 0.3 is 0 Å². The van der Waals surface area contributed by atoms with Gasteiger partial charge in [0.05, 0.1) is 11.1 Å². The summed E-state index contributed by atoms with van der Waals surface area (Å²) < 4.78 is 3.96. The summed E-state index contributed by atoms with van der Waals surface area (Å²) in [5, 5.41) is 33.7. The zero-order chi connectivity index (χ0) is 42.1. The highest BCUT2D eigenvalue weighted by Crippen LogP contribution is 2.38. The molecule has 0 radical (unpaired) electrons. The molecule has 0 saturated carbocycles. The lowest BCUT2D eigenvalue weighted by Crippen LogP contribution is -2.45. The molecule has 8 aromatic rings. The van der Waals surface area contributed by atoms with Gasteiger partial charge in [0.15, 0.2) is 11.6 Å². The van der Waals surface area contributed by atoms with E-state index >= 15 is 0 Å². The van der Waals surface area contributed by atoms with Gasteiger partial charge in [-0.15, -0.1) is 10.2 Å². The summed E-state index contributed by atoms with van der Waals surface area (Å²) in [7, 11) is 0. The van der Waals surface area contributed by atoms with Crippen LogP contribution in [0.15, 0.2) is 182 Å². The highest BCUT2D eigenvalue weighted by atomic mass is 15.5. The molecule has 0 fully saturated rings. The molecule has 0 aliphatic rings. The van der Waals surface area contributed by atoms with Crippen LogP contribution < -0.4 is 10.6 Å². The SMILES string of the molecule is c1ccc(C(NCCc2nnnn2CCCCCCCCn2nnnc2CCNC(c2ccccc2)(c2ccccc2)c2ccccc2)(c2ccccc2)c2ccccc2)cc1. The van der Waals surface area contributed by atoms with Crippen molar-refractivity contribution in [3.63, 3.8) is 0 Å². The summed E-state index contributed by atoms with van der Waals surface area (Å²) in [4.78, 5) is 0. The normalized spacial score (nSPS) is 11.8. The minimum atomic E-state index is -0.522. The summed E-state index contributed by atoms with van der Waals surface area (Å²) in [5.74, 6) is 1.80. The van der Waals surface area contributed by atoms with E-state index in [1.54, 1.807) is 0 Å². The van der Waals surface area contributed by atoms with E-state index in [0.717, 1.165) is 50.4 Å². The van der Waals surface area contributed by atoms with Gasteiger partial charge in [-0.25, -0.2) is 9.36 Å². The average molecular weight is 821 g/mol. The maximum atomic E-state index is 4.44. The number of nitrogens with one attached hydrogen (secondary N) is 2. The molecule has 0 amide bonds. The monoisotopic (exact) mass is 820 g/mol. The van der Waals surface area contributed by atoms with Crippen LogP contribution in [-0.2, 0) is 37.0 Å². The van der Waals surface area contributed by atoms with Crippen molar-refractivity contribution in [3.05, 3.63) is 227 Å². The van der Waals surface area contributed by atoms with Crippen LogP contribution in [0.1, 0.15) is 83.6 Å². The van der Waals surface area contributed by atoms with E-state index in [9.17, 15) is 0 Å². The third-order valence-corrected chi connectivity index (χ3v) is 11.9. The second-order valence-corrected chi connectivity index (χ2v) is 15.8. The first-order valence-electron chi connectivity index (χ1n) is 22.1. The lowest BCUT2D eigenvalue weighted by atomic mass is 9.77. The van der Waals surface area contributed by atoms with Crippen LogP contribution in [0.25, 0.3) is 0 Å². The summed E-state index contributed by atoms with van der Waals surface area (Å²) in [6.07, 6.45) is 8.09. The Morgan fingerprint density at radius 2 is 0.597 bits per heavy atom. The van der Waals surface area contributed by atoms with Gasteiger partial charge in [0, 0.05) is 39.0 Å². The first-order valence-corrected chi connectivity index (χ1v) is 22.1. The van der Waals surface area contributed by atoms with Crippen molar-refractivity contribution in [3.8, 4) is 0 Å². The van der Waals surface area contributed by atoms with Gasteiger partial charge < -0.3 is 0 Å². The van der Waals surface area contributed by atoms with E-state index in [-0.39, 0.29) is 0 Å². The van der Waals surface area contributed by atoms with Crippen molar-refractivity contribution in [1.82, 2.24) is 51.0 Å². The van der Waals surface area contributed by atoms with Crippen LogP contribution in [-0.4, -0.2) is 53.5 Å². The van der Waals surface area contributed by atoms with Crippen molar-refractivity contribution < 1.29 is 0 Å². The standard InChI is InChI=1S/C52H56N10/c1(3-23-41-61-49(55-57-59-61)37-39-53-51(43-25-11-5-12-26-43,44-27-13-6-14-28-44)45-29-15-7-16-30-45)2-4-24-42-62-50(56-58-60-62)38-40-54-52(46-31-17-8-18-32-46,47-33-19-9-20-34-47)48-35-21-10-22-36-48/h5-22,25-36,53-54H,1-4,23-24,37-42H2. The predicted molar refractivity (Wildman–Crippen MR) is 245 cm³/mol. The van der Waals surface area contributed by atoms with Crippen LogP contribution in [0.2, 0.25) is 0 Å². The molecule has 6 aromatic carbocycles. The summed E-state index contributed by atoms with van der Waals surface area (Å²) >= 11 is 0. The van der Waals surface area contributed by atoms with E-state index in [2.05, 4.69) is 224 Å². The molecule has 62 heavy (non-hydrogen) atoms. The lowest BCUT2D eigenvalue weighted by Gasteiger charge is -2.37. The van der Waals surface area contributed by atoms with Crippen molar-refractivity contribution >= 4 is 0 Å². The second-order valence-electron chi connectivity index (χ2n) is 15.8. The van der Waals surface area contributed by atoms with Crippen LogP contribution in [0.4, 0.5) is 0 Å². The molecule has 314 valence electrons. The average Bonchev–Trinajstić information content (AvgIpc) is 4.00. The van der Waals surface area contributed by atoms with Gasteiger partial charge in [0.2, 0.25) is 0 Å². The van der Waals surface area contributed by atoms with E-state index in [1.807, 2.05) is 9.36 Å². The number of rotatable bonds is 23. The largest absolute Gasteiger partial charge is 0.300 e. The number of unbranched alkanes of at least 4 members (excludes halogenated alkanes) is 5. The Kier molecular flexibility index (Phi) is 14.4. The van der Waals surface area contributed by atoms with Crippen LogP contribution >= 0.6 is 0 Å². The first kappa shape index (κ1) is 42.1. The van der Waals surface area contributed by atoms with Crippen molar-refractivity contribution in [1.29, 1.82) is 0 Å². The van der Waals surface area contributed by atoms with Gasteiger partial charge in [-0.3, -0.25) is 10.6 Å². The highest BCUT2D eigenvalue weighted by molar-refractivity contribution is 5.51. The first-order chi connectivity index (χ1) is 30.8. The van der Waals surface area contributed by atoms with E-state index in [1.165, 1.54) is 46.2 Å². The summed E-state index contributed by atoms with van der Waals surface area (Å²) in [5.41, 5.74) is 6.10. The smallest absolute Gasteiger partial charge is 0.152 e. The number of nitrogens with zero attached hydrogens (tertiary/aromatic N) is 8. The molecule has 2 heterocycles. The van der Waals surface area contributed by atoms with E-state index < -0.39 is 11.1 Å². The number of hydrogen-bond acceptors (Lipinski definition) is 8. The molecule has 0 saturated heterocycles. The second kappa shape index (κ2) is 21.3. The third-order valence-electron chi connectivity index (χ3n) is 11.9. The Balaban J connectivity index is 0.799. The zero-order valence-electron chi connectivity index (χ0n) is 35.4. The van der Waals surface area contributed by atoms with Crippen LogP contribution in [0, 0.1) is 0 Å². The Bertz CT molecular complexity index is 2100. The molecule has 10 nitrogen and oxygen atoms in total. The van der Waals surface area contributed by atoms with E-state index in [0.29, 0.717) is 25.9 Å². The van der Waals surface area contributed by atoms with Gasteiger partial charge in [-0.2, -0.15) is 0 Å². The van der Waals surface area contributed by atoms with Gasteiger partial charge in [0.1, 0.15) is 0 Å². The van der Waals surface area contributed by atoms with Crippen molar-refractivity contribution in [2.45, 2.75) is 75.5 Å². The molecule has 0 atom stereocenters. The minimum absolute atomic E-state index is 0.522. The predicted octanol–water partition coefficient (Wildman–Crippen LogP) is 8.95. The fraction of sp³-hybridized carbons (Fsp3) is 0.269. The fourth-order valence-electron chi connectivity index (χ4n) is 8.85. The Morgan fingerprint density at radius 1 is 0.339 bits per heavy atom. The van der Waals surface area contributed by atoms with Gasteiger partial charge in [-0.1, -0.05) is 208 Å². The zero-order valence-corrected chi connectivity index (χ0v) is 35.4. The molecule has 0 unspecified atom stereocenters. The number of aromatic nitrogens is 8. The molecule has 0 aliphatic carbocycles.